The number of halogens is 2. The number of hydrogen-bond donors (Lipinski definition) is 0. The minimum Gasteiger partial charge on any atom is -0.241 e. The van der Waals surface area contributed by atoms with Crippen molar-refractivity contribution in [1.29, 1.82) is 10.5 Å². The molecule has 0 N–H and O–H groups in total. The maximum Gasteiger partial charge on any atom is 0.264 e. The molecule has 0 saturated carbocycles. The summed E-state index contributed by atoms with van der Waals surface area (Å²) in [6.07, 6.45) is -2.72. The van der Waals surface area contributed by atoms with Gasteiger partial charge in [0.15, 0.2) is 0 Å². The van der Waals surface area contributed by atoms with Crippen LogP contribution in [0.15, 0.2) is 6.07 Å². The van der Waals surface area contributed by atoms with Crippen LogP contribution in [0.4, 0.5) is 8.78 Å². The summed E-state index contributed by atoms with van der Waals surface area (Å²) in [5.41, 5.74) is 0.213. The second-order valence-electron chi connectivity index (χ2n) is 2.92. The quantitative estimate of drug-likeness (QED) is 0.747. The Morgan fingerprint density at radius 1 is 1.47 bits per heavy atom. The molecule has 0 bridgehead atoms. The Balaban J connectivity index is 3.36. The smallest absolute Gasteiger partial charge is 0.241 e. The summed E-state index contributed by atoms with van der Waals surface area (Å²) < 4.78 is 25.1. The predicted octanol–water partition coefficient (Wildman–Crippen LogP) is 2.27. The van der Waals surface area contributed by atoms with E-state index in [-0.39, 0.29) is 28.9 Å². The van der Waals surface area contributed by atoms with Gasteiger partial charge in [0.05, 0.1) is 18.2 Å². The third-order valence-electron chi connectivity index (χ3n) is 2.01. The molecule has 0 aromatic carbocycles. The highest BCUT2D eigenvalue weighted by atomic mass is 19.3. The van der Waals surface area contributed by atoms with Crippen LogP contribution in [0, 0.1) is 29.6 Å². The lowest BCUT2D eigenvalue weighted by atomic mass is 10.1. The summed E-state index contributed by atoms with van der Waals surface area (Å²) in [5.74, 6) is 0. The Labute approximate surface area is 85.6 Å². The summed E-state index contributed by atoms with van der Waals surface area (Å²) >= 11 is 0. The number of hydrogen-bond acceptors (Lipinski definition) is 3. The van der Waals surface area contributed by atoms with Crippen LogP contribution in [0.3, 0.4) is 0 Å². The Morgan fingerprint density at radius 2 is 2.13 bits per heavy atom. The molecule has 15 heavy (non-hydrogen) atoms. The summed E-state index contributed by atoms with van der Waals surface area (Å²) in [7, 11) is 0. The molecule has 0 amide bonds. The van der Waals surface area contributed by atoms with Gasteiger partial charge in [-0.1, -0.05) is 0 Å². The van der Waals surface area contributed by atoms with Gasteiger partial charge in [0.2, 0.25) is 0 Å². The second-order valence-corrected chi connectivity index (χ2v) is 2.92. The normalized spacial score (nSPS) is 9.73. The summed E-state index contributed by atoms with van der Waals surface area (Å²) in [4.78, 5) is 3.81. The van der Waals surface area contributed by atoms with Gasteiger partial charge in [-0.25, -0.2) is 13.8 Å². The second kappa shape index (κ2) is 4.47. The van der Waals surface area contributed by atoms with E-state index >= 15 is 0 Å². The number of pyridine rings is 1. The zero-order valence-corrected chi connectivity index (χ0v) is 7.96. The monoisotopic (exact) mass is 207 g/mol. The molecule has 76 valence electrons. The molecule has 0 radical (unpaired) electrons. The number of rotatable bonds is 2. The zero-order valence-electron chi connectivity index (χ0n) is 7.96. The van der Waals surface area contributed by atoms with Crippen LogP contribution < -0.4 is 0 Å². The molecule has 0 aliphatic rings. The highest BCUT2D eigenvalue weighted by Gasteiger charge is 2.15. The molecule has 1 heterocycles. The molecule has 0 aliphatic carbocycles. The zero-order chi connectivity index (χ0) is 11.4. The number of nitriles is 2. The molecule has 0 saturated heterocycles. The van der Waals surface area contributed by atoms with Crippen molar-refractivity contribution < 1.29 is 8.78 Å². The van der Waals surface area contributed by atoms with Crippen molar-refractivity contribution in [2.75, 3.05) is 0 Å². The van der Waals surface area contributed by atoms with Crippen molar-refractivity contribution in [3.63, 3.8) is 0 Å². The molecule has 0 spiro atoms. The molecule has 1 aromatic rings. The Hall–Kier alpha value is -2.01. The minimum atomic E-state index is -2.66. The van der Waals surface area contributed by atoms with Gasteiger partial charge in [0.25, 0.3) is 6.43 Å². The van der Waals surface area contributed by atoms with E-state index in [9.17, 15) is 8.78 Å². The average molecular weight is 207 g/mol. The molecule has 3 nitrogen and oxygen atoms in total. The van der Waals surface area contributed by atoms with Crippen LogP contribution in [0.5, 0.6) is 0 Å². The van der Waals surface area contributed by atoms with E-state index in [1.54, 1.807) is 6.07 Å². The molecule has 0 atom stereocenters. The van der Waals surface area contributed by atoms with E-state index < -0.39 is 6.43 Å². The predicted molar refractivity (Wildman–Crippen MR) is 48.0 cm³/mol. The molecule has 5 heteroatoms. The number of nitrogens with zero attached hydrogens (tertiary/aromatic N) is 3. The van der Waals surface area contributed by atoms with Gasteiger partial charge in [0, 0.05) is 5.56 Å². The average Bonchev–Trinajstić information content (AvgIpc) is 2.21. The number of alkyl halides is 2. The standard InChI is InChI=1S/C10H7F2N3/c1-6-8(10(11)12)4-7(5-14)15-9(6)2-3-13/h4,10H,2H2,1H3. The summed E-state index contributed by atoms with van der Waals surface area (Å²) in [5, 5.41) is 17.1. The number of aromatic nitrogens is 1. The van der Waals surface area contributed by atoms with Gasteiger partial charge < -0.3 is 0 Å². The molecule has 1 aromatic heterocycles. The van der Waals surface area contributed by atoms with E-state index in [0.29, 0.717) is 0 Å². The first-order valence-corrected chi connectivity index (χ1v) is 4.15. The van der Waals surface area contributed by atoms with E-state index in [2.05, 4.69) is 4.98 Å². The van der Waals surface area contributed by atoms with Crippen LogP contribution in [-0.4, -0.2) is 4.98 Å². The van der Waals surface area contributed by atoms with Crippen molar-refractivity contribution in [3.8, 4) is 12.1 Å². The van der Waals surface area contributed by atoms with Crippen LogP contribution in [-0.2, 0) is 6.42 Å². The van der Waals surface area contributed by atoms with Crippen LogP contribution in [0.1, 0.15) is 28.9 Å². The highest BCUT2D eigenvalue weighted by molar-refractivity contribution is 5.37. The van der Waals surface area contributed by atoms with E-state index in [1.165, 1.54) is 6.92 Å². The maximum absolute atomic E-state index is 12.5. The molecule has 0 fully saturated rings. The first-order chi connectivity index (χ1) is 7.10. The third-order valence-corrected chi connectivity index (χ3v) is 2.01. The largest absolute Gasteiger partial charge is 0.264 e. The van der Waals surface area contributed by atoms with Gasteiger partial charge in [-0.05, 0) is 18.6 Å². The fourth-order valence-corrected chi connectivity index (χ4v) is 1.21. The highest BCUT2D eigenvalue weighted by Crippen LogP contribution is 2.24. The Morgan fingerprint density at radius 3 is 2.60 bits per heavy atom. The Bertz CT molecular complexity index is 455. The van der Waals surface area contributed by atoms with Crippen molar-refractivity contribution in [2.45, 2.75) is 19.8 Å². The fourth-order valence-electron chi connectivity index (χ4n) is 1.21. The summed E-state index contributed by atoms with van der Waals surface area (Å²) in [6.45, 7) is 1.47. The molecular formula is C10H7F2N3. The lowest BCUT2D eigenvalue weighted by Gasteiger charge is -2.08. The Kier molecular flexibility index (Phi) is 3.30. The SMILES string of the molecule is Cc1c(C(F)F)cc(C#N)nc1CC#N. The summed E-state index contributed by atoms with van der Waals surface area (Å²) in [6, 6.07) is 4.58. The first kappa shape index (κ1) is 11.1. The van der Waals surface area contributed by atoms with Crippen molar-refractivity contribution >= 4 is 0 Å². The molecule has 0 unspecified atom stereocenters. The van der Waals surface area contributed by atoms with Gasteiger partial charge in [-0.15, -0.1) is 0 Å². The van der Waals surface area contributed by atoms with Gasteiger partial charge >= 0.3 is 0 Å². The first-order valence-electron chi connectivity index (χ1n) is 4.15. The van der Waals surface area contributed by atoms with Crippen LogP contribution in [0.25, 0.3) is 0 Å². The van der Waals surface area contributed by atoms with Crippen LogP contribution in [0.2, 0.25) is 0 Å². The van der Waals surface area contributed by atoms with Gasteiger partial charge in [-0.3, -0.25) is 0 Å². The van der Waals surface area contributed by atoms with Gasteiger partial charge in [0.1, 0.15) is 11.8 Å². The van der Waals surface area contributed by atoms with Gasteiger partial charge in [-0.2, -0.15) is 10.5 Å². The molecular weight excluding hydrogens is 200 g/mol. The fraction of sp³-hybridized carbons (Fsp3) is 0.300. The maximum atomic E-state index is 12.5. The van der Waals surface area contributed by atoms with E-state index in [1.807, 2.05) is 6.07 Å². The minimum absolute atomic E-state index is 0.0684. The van der Waals surface area contributed by atoms with Crippen molar-refractivity contribution in [2.24, 2.45) is 0 Å². The topological polar surface area (TPSA) is 60.5 Å². The van der Waals surface area contributed by atoms with Crippen molar-refractivity contribution in [3.05, 3.63) is 28.6 Å². The third kappa shape index (κ3) is 2.26. The lowest BCUT2D eigenvalue weighted by Crippen LogP contribution is -2.01. The van der Waals surface area contributed by atoms with E-state index in [4.69, 9.17) is 10.5 Å². The lowest BCUT2D eigenvalue weighted by molar-refractivity contribution is 0.150. The van der Waals surface area contributed by atoms with Crippen molar-refractivity contribution in [1.82, 2.24) is 4.98 Å². The molecule has 0 aliphatic heterocycles. The van der Waals surface area contributed by atoms with E-state index in [0.717, 1.165) is 6.07 Å². The van der Waals surface area contributed by atoms with Crippen LogP contribution >= 0.6 is 0 Å². The molecule has 1 rings (SSSR count).